The Labute approximate surface area is 57.6 Å². The Balaban J connectivity index is 2.93. The molecule has 2 heteroatoms. The zero-order chi connectivity index (χ0) is 6.97. The zero-order valence-electron chi connectivity index (χ0n) is 5.29. The quantitative estimate of drug-likeness (QED) is 0.522. The smallest absolute Gasteiger partial charge is 0.0812 e. The van der Waals surface area contributed by atoms with Gasteiger partial charge in [-0.1, -0.05) is 22.7 Å². The molecule has 1 heterocycles. The summed E-state index contributed by atoms with van der Waals surface area (Å²) in [6.45, 7) is 0. The highest BCUT2D eigenvalue weighted by Gasteiger charge is 1.95. The Morgan fingerprint density at radius 2 is 1.90 bits per heavy atom. The van der Waals surface area contributed by atoms with Gasteiger partial charge in [0.05, 0.1) is 5.52 Å². The van der Waals surface area contributed by atoms with E-state index in [0.29, 0.717) is 10.3 Å². The molecule has 0 bridgehead atoms. The van der Waals surface area contributed by atoms with Crippen LogP contribution in [0.1, 0.15) is 0 Å². The van der Waals surface area contributed by atoms with Gasteiger partial charge in [0.25, 0.3) is 0 Å². The van der Waals surface area contributed by atoms with Crippen LogP contribution >= 0.6 is 0 Å². The second-order valence-corrected chi connectivity index (χ2v) is 2.19. The SMILES string of the molecule is Fn1ccc2ccccc21. The molecule has 0 fully saturated rings. The molecule has 0 spiro atoms. The summed E-state index contributed by atoms with van der Waals surface area (Å²) >= 11 is 0. The average Bonchev–Trinajstić information content (AvgIpc) is 2.34. The molecule has 0 atom stereocenters. The molecule has 0 aliphatic heterocycles. The highest BCUT2D eigenvalue weighted by atomic mass is 19.2. The fourth-order valence-electron chi connectivity index (χ4n) is 1.05. The van der Waals surface area contributed by atoms with Crippen LogP contribution in [0.25, 0.3) is 10.9 Å². The van der Waals surface area contributed by atoms with Crippen LogP contribution in [0.4, 0.5) is 4.48 Å². The first kappa shape index (κ1) is 5.47. The lowest BCUT2D eigenvalue weighted by molar-refractivity contribution is 0.388. The molecule has 0 amide bonds. The number of halogens is 1. The minimum Gasteiger partial charge on any atom is -0.186 e. The molecule has 0 unspecified atom stereocenters. The standard InChI is InChI=1S/C8H6FN/c9-10-6-5-7-3-1-2-4-8(7)10/h1-6H. The molecule has 2 aromatic rings. The summed E-state index contributed by atoms with van der Waals surface area (Å²) in [6.07, 6.45) is 1.41. The van der Waals surface area contributed by atoms with E-state index in [1.54, 1.807) is 12.1 Å². The summed E-state index contributed by atoms with van der Waals surface area (Å²) in [7, 11) is 0. The number of hydrogen-bond donors (Lipinski definition) is 0. The monoisotopic (exact) mass is 135 g/mol. The Hall–Kier alpha value is -1.31. The van der Waals surface area contributed by atoms with Crippen molar-refractivity contribution in [2.24, 2.45) is 0 Å². The van der Waals surface area contributed by atoms with Gasteiger partial charge in [-0.2, -0.15) is 4.79 Å². The third-order valence-electron chi connectivity index (χ3n) is 1.55. The van der Waals surface area contributed by atoms with Gasteiger partial charge in [-0.15, -0.1) is 0 Å². The summed E-state index contributed by atoms with van der Waals surface area (Å²) < 4.78 is 12.7. The highest BCUT2D eigenvalue weighted by molar-refractivity contribution is 5.79. The van der Waals surface area contributed by atoms with E-state index in [9.17, 15) is 4.48 Å². The maximum Gasteiger partial charge on any atom is 0.0812 e. The lowest BCUT2D eigenvalue weighted by Gasteiger charge is -1.87. The first-order valence-corrected chi connectivity index (χ1v) is 3.10. The maximum atomic E-state index is 12.7. The molecule has 2 rings (SSSR count). The fourth-order valence-corrected chi connectivity index (χ4v) is 1.05. The van der Waals surface area contributed by atoms with Crippen LogP contribution in [0.3, 0.4) is 0 Å². The number of aromatic nitrogens is 1. The van der Waals surface area contributed by atoms with Gasteiger partial charge in [-0.05, 0) is 12.1 Å². The minimum atomic E-state index is 0.620. The normalized spacial score (nSPS) is 10.5. The molecule has 10 heavy (non-hydrogen) atoms. The van der Waals surface area contributed by atoms with Crippen molar-refractivity contribution in [1.82, 2.24) is 4.79 Å². The van der Waals surface area contributed by atoms with Gasteiger partial charge in [0.15, 0.2) is 0 Å². The van der Waals surface area contributed by atoms with Gasteiger partial charge in [-0.3, -0.25) is 0 Å². The molecule has 0 saturated heterocycles. The van der Waals surface area contributed by atoms with Crippen molar-refractivity contribution in [2.45, 2.75) is 0 Å². The molecule has 50 valence electrons. The van der Waals surface area contributed by atoms with Crippen LogP contribution in [-0.4, -0.2) is 4.79 Å². The molecular weight excluding hydrogens is 129 g/mol. The van der Waals surface area contributed by atoms with Crippen molar-refractivity contribution >= 4 is 10.9 Å². The van der Waals surface area contributed by atoms with Crippen LogP contribution in [0.15, 0.2) is 36.5 Å². The maximum absolute atomic E-state index is 12.7. The van der Waals surface area contributed by atoms with Crippen molar-refractivity contribution in [3.05, 3.63) is 36.5 Å². The van der Waals surface area contributed by atoms with E-state index >= 15 is 0 Å². The largest absolute Gasteiger partial charge is 0.186 e. The first-order valence-electron chi connectivity index (χ1n) is 3.10. The summed E-state index contributed by atoms with van der Waals surface area (Å²) in [5.41, 5.74) is 0.627. The van der Waals surface area contributed by atoms with Crippen LogP contribution in [0.5, 0.6) is 0 Å². The van der Waals surface area contributed by atoms with E-state index in [0.717, 1.165) is 5.39 Å². The third-order valence-corrected chi connectivity index (χ3v) is 1.55. The van der Waals surface area contributed by atoms with Gasteiger partial charge in [-0.25, -0.2) is 0 Å². The minimum absolute atomic E-state index is 0.620. The molecule has 0 N–H and O–H groups in total. The van der Waals surface area contributed by atoms with Gasteiger partial charge in [0.1, 0.15) is 0 Å². The predicted molar refractivity (Wildman–Crippen MR) is 38.4 cm³/mol. The first-order chi connectivity index (χ1) is 4.88. The molecule has 1 aromatic heterocycles. The van der Waals surface area contributed by atoms with Crippen molar-refractivity contribution < 1.29 is 4.48 Å². The number of benzene rings is 1. The molecule has 0 radical (unpaired) electrons. The Bertz CT molecular complexity index is 351. The van der Waals surface area contributed by atoms with Crippen molar-refractivity contribution in [3.8, 4) is 0 Å². The Morgan fingerprint density at radius 3 is 2.70 bits per heavy atom. The van der Waals surface area contributed by atoms with E-state index in [4.69, 9.17) is 0 Å². The topological polar surface area (TPSA) is 4.93 Å². The average molecular weight is 135 g/mol. The number of para-hydroxylation sites is 1. The molecule has 0 aliphatic carbocycles. The molecule has 0 aliphatic rings. The van der Waals surface area contributed by atoms with Crippen LogP contribution in [0, 0.1) is 0 Å². The molecular formula is C8H6FN. The van der Waals surface area contributed by atoms with E-state index in [2.05, 4.69) is 0 Å². The van der Waals surface area contributed by atoms with E-state index in [-0.39, 0.29) is 0 Å². The summed E-state index contributed by atoms with van der Waals surface area (Å²) in [5, 5.41) is 0.935. The van der Waals surface area contributed by atoms with Crippen molar-refractivity contribution in [1.29, 1.82) is 0 Å². The third kappa shape index (κ3) is 0.620. The van der Waals surface area contributed by atoms with Crippen LogP contribution in [-0.2, 0) is 0 Å². The van der Waals surface area contributed by atoms with Crippen molar-refractivity contribution in [3.63, 3.8) is 0 Å². The fraction of sp³-hybridized carbons (Fsp3) is 0. The summed E-state index contributed by atoms with van der Waals surface area (Å²) in [5.74, 6) is 0. The van der Waals surface area contributed by atoms with Gasteiger partial charge >= 0.3 is 0 Å². The molecule has 1 aromatic carbocycles. The van der Waals surface area contributed by atoms with E-state index in [1.165, 1.54) is 6.20 Å². The van der Waals surface area contributed by atoms with Crippen LogP contribution < -0.4 is 0 Å². The summed E-state index contributed by atoms with van der Waals surface area (Å²) in [6, 6.07) is 9.08. The van der Waals surface area contributed by atoms with Gasteiger partial charge in [0, 0.05) is 11.6 Å². The second-order valence-electron chi connectivity index (χ2n) is 2.19. The number of hydrogen-bond acceptors (Lipinski definition) is 0. The van der Waals surface area contributed by atoms with Gasteiger partial charge < -0.3 is 0 Å². The predicted octanol–water partition coefficient (Wildman–Crippen LogP) is 2.37. The van der Waals surface area contributed by atoms with E-state index < -0.39 is 0 Å². The van der Waals surface area contributed by atoms with E-state index in [1.807, 2.05) is 18.2 Å². The second kappa shape index (κ2) is 1.84. The molecule has 1 nitrogen and oxygen atoms in total. The van der Waals surface area contributed by atoms with Gasteiger partial charge in [0.2, 0.25) is 0 Å². The lowest BCUT2D eigenvalue weighted by atomic mass is 10.3. The van der Waals surface area contributed by atoms with Crippen LogP contribution in [0.2, 0.25) is 0 Å². The number of nitrogens with zero attached hydrogens (tertiary/aromatic N) is 1. The molecule has 0 saturated carbocycles. The number of fused-ring (bicyclic) bond motifs is 1. The zero-order valence-corrected chi connectivity index (χ0v) is 5.29. The number of rotatable bonds is 0. The highest BCUT2D eigenvalue weighted by Crippen LogP contribution is 2.13. The Morgan fingerprint density at radius 1 is 1.10 bits per heavy atom. The van der Waals surface area contributed by atoms with Crippen molar-refractivity contribution in [2.75, 3.05) is 0 Å². The lowest BCUT2D eigenvalue weighted by Crippen LogP contribution is -1.74. The Kier molecular flexibility index (Phi) is 1.01. The summed E-state index contributed by atoms with van der Waals surface area (Å²) in [4.78, 5) is 0.620.